The molecule has 2 aromatic heterocycles. The third kappa shape index (κ3) is 3.53. The first-order valence-corrected chi connectivity index (χ1v) is 9.33. The van der Waals surface area contributed by atoms with Gasteiger partial charge in [0.1, 0.15) is 0 Å². The van der Waals surface area contributed by atoms with Crippen LogP contribution in [0.5, 0.6) is 0 Å². The van der Waals surface area contributed by atoms with Crippen LogP contribution in [0.25, 0.3) is 16.3 Å². The Labute approximate surface area is 162 Å². The zero-order valence-corrected chi connectivity index (χ0v) is 15.9. The van der Waals surface area contributed by atoms with Gasteiger partial charge in [-0.3, -0.25) is 4.79 Å². The van der Waals surface area contributed by atoms with Gasteiger partial charge in [0.2, 0.25) is 0 Å². The molecule has 7 heteroatoms. The lowest BCUT2D eigenvalue weighted by molar-refractivity contribution is 0.0781. The second-order valence-corrected chi connectivity index (χ2v) is 7.23. The Morgan fingerprint density at radius 1 is 1.23 bits per heavy atom. The Morgan fingerprint density at radius 3 is 2.69 bits per heavy atom. The van der Waals surface area contributed by atoms with Crippen molar-refractivity contribution in [3.05, 3.63) is 59.6 Å². The molecular formula is C19H21ClN4OS. The molecule has 4 rings (SSSR count). The second kappa shape index (κ2) is 8.03. The monoisotopic (exact) mass is 388 g/mol. The highest BCUT2D eigenvalue weighted by atomic mass is 35.5. The van der Waals surface area contributed by atoms with E-state index in [9.17, 15) is 4.79 Å². The number of amides is 1. The molecule has 26 heavy (non-hydrogen) atoms. The van der Waals surface area contributed by atoms with Gasteiger partial charge in [-0.1, -0.05) is 24.3 Å². The number of carbonyl (C=O) groups is 1. The Bertz CT molecular complexity index is 863. The van der Waals surface area contributed by atoms with Gasteiger partial charge in [0.15, 0.2) is 5.69 Å². The maximum absolute atomic E-state index is 12.9. The highest BCUT2D eigenvalue weighted by Gasteiger charge is 2.28. The van der Waals surface area contributed by atoms with E-state index in [2.05, 4.69) is 11.2 Å². The van der Waals surface area contributed by atoms with Crippen LogP contribution < -0.4 is 5.73 Å². The molecule has 0 radical (unpaired) electrons. The zero-order valence-electron chi connectivity index (χ0n) is 14.2. The minimum Gasteiger partial charge on any atom is -0.337 e. The summed E-state index contributed by atoms with van der Waals surface area (Å²) in [5.74, 6) is 0.389. The summed E-state index contributed by atoms with van der Waals surface area (Å²) in [6, 6.07) is 15.9. The van der Waals surface area contributed by atoms with Gasteiger partial charge >= 0.3 is 0 Å². The molecule has 1 saturated heterocycles. The van der Waals surface area contributed by atoms with Crippen molar-refractivity contribution in [2.24, 2.45) is 11.7 Å². The summed E-state index contributed by atoms with van der Waals surface area (Å²) in [7, 11) is 0. The number of rotatable bonds is 4. The lowest BCUT2D eigenvalue weighted by Gasteiger charge is -2.14. The van der Waals surface area contributed by atoms with E-state index >= 15 is 0 Å². The molecule has 1 unspecified atom stereocenters. The first-order valence-electron chi connectivity index (χ1n) is 8.45. The fourth-order valence-electron chi connectivity index (χ4n) is 3.22. The van der Waals surface area contributed by atoms with Crippen molar-refractivity contribution >= 4 is 29.7 Å². The first kappa shape index (κ1) is 18.6. The van der Waals surface area contributed by atoms with Gasteiger partial charge in [-0.15, -0.1) is 23.7 Å². The van der Waals surface area contributed by atoms with Crippen molar-refractivity contribution in [1.29, 1.82) is 0 Å². The van der Waals surface area contributed by atoms with Crippen LogP contribution in [-0.2, 0) is 0 Å². The number of likely N-dealkylation sites (tertiary alicyclic amines) is 1. The van der Waals surface area contributed by atoms with Crippen LogP contribution in [0.2, 0.25) is 0 Å². The van der Waals surface area contributed by atoms with Crippen molar-refractivity contribution in [3.8, 4) is 16.3 Å². The minimum absolute atomic E-state index is 0. The number of carbonyl (C=O) groups excluding carboxylic acids is 1. The van der Waals surface area contributed by atoms with Crippen LogP contribution in [-0.4, -0.2) is 40.2 Å². The lowest BCUT2D eigenvalue weighted by atomic mass is 10.1. The summed E-state index contributed by atoms with van der Waals surface area (Å²) in [6.07, 6.45) is 0.972. The van der Waals surface area contributed by atoms with Gasteiger partial charge in [0, 0.05) is 13.1 Å². The number of para-hydroxylation sites is 1. The van der Waals surface area contributed by atoms with Gasteiger partial charge in [-0.05, 0) is 48.5 Å². The molecule has 0 bridgehead atoms. The number of nitrogens with zero attached hydrogens (tertiary/aromatic N) is 3. The van der Waals surface area contributed by atoms with E-state index in [1.807, 2.05) is 57.4 Å². The number of aromatic nitrogens is 2. The van der Waals surface area contributed by atoms with Crippen molar-refractivity contribution in [3.63, 3.8) is 0 Å². The number of benzene rings is 1. The molecule has 2 N–H and O–H groups in total. The largest absolute Gasteiger partial charge is 0.337 e. The zero-order chi connectivity index (χ0) is 17.2. The molecule has 1 fully saturated rings. The molecule has 1 aliphatic heterocycles. The number of hydrogen-bond donors (Lipinski definition) is 1. The van der Waals surface area contributed by atoms with Crippen LogP contribution in [0.4, 0.5) is 0 Å². The van der Waals surface area contributed by atoms with E-state index in [1.54, 1.807) is 11.3 Å². The van der Waals surface area contributed by atoms with Crippen LogP contribution >= 0.6 is 23.7 Å². The van der Waals surface area contributed by atoms with Gasteiger partial charge in [0.25, 0.3) is 5.91 Å². The van der Waals surface area contributed by atoms with E-state index in [4.69, 9.17) is 5.73 Å². The molecule has 0 saturated carbocycles. The van der Waals surface area contributed by atoms with Crippen molar-refractivity contribution < 1.29 is 4.79 Å². The number of hydrogen-bond acceptors (Lipinski definition) is 4. The fourth-order valence-corrected chi connectivity index (χ4v) is 3.95. The first-order chi connectivity index (χ1) is 12.3. The lowest BCUT2D eigenvalue weighted by Crippen LogP contribution is -2.30. The molecule has 5 nitrogen and oxygen atoms in total. The third-order valence-electron chi connectivity index (χ3n) is 4.61. The standard InChI is InChI=1S/C19H20N4OS.ClH/c20-12-14-8-9-22(13-14)19(24)16-11-17(18-7-4-10-25-18)23(21-16)15-5-2-1-3-6-15;/h1-7,10-11,14H,8-9,12-13,20H2;1H. The number of halogens is 1. The molecule has 1 amide bonds. The summed E-state index contributed by atoms with van der Waals surface area (Å²) >= 11 is 1.64. The summed E-state index contributed by atoms with van der Waals surface area (Å²) < 4.78 is 1.86. The van der Waals surface area contributed by atoms with E-state index < -0.39 is 0 Å². The molecule has 3 heterocycles. The summed E-state index contributed by atoms with van der Waals surface area (Å²) in [5.41, 5.74) is 8.13. The van der Waals surface area contributed by atoms with Crippen molar-refractivity contribution in [2.45, 2.75) is 6.42 Å². The molecule has 1 aromatic carbocycles. The molecule has 136 valence electrons. The van der Waals surface area contributed by atoms with Crippen LogP contribution in [0.3, 0.4) is 0 Å². The summed E-state index contributed by atoms with van der Waals surface area (Å²) in [4.78, 5) is 15.9. The predicted molar refractivity (Wildman–Crippen MR) is 107 cm³/mol. The van der Waals surface area contributed by atoms with Crippen LogP contribution in [0.1, 0.15) is 16.9 Å². The Morgan fingerprint density at radius 2 is 2.04 bits per heavy atom. The molecule has 0 aliphatic carbocycles. The molecule has 1 aliphatic rings. The summed E-state index contributed by atoms with van der Waals surface area (Å²) in [5, 5.41) is 6.67. The van der Waals surface area contributed by atoms with Crippen molar-refractivity contribution in [2.75, 3.05) is 19.6 Å². The maximum Gasteiger partial charge on any atom is 0.274 e. The average Bonchev–Trinajstić information content (AvgIpc) is 3.41. The highest BCUT2D eigenvalue weighted by Crippen LogP contribution is 2.29. The maximum atomic E-state index is 12.9. The normalized spacial score (nSPS) is 16.5. The SMILES string of the molecule is Cl.NCC1CCN(C(=O)c2cc(-c3cccs3)n(-c3ccccc3)n2)C1. The average molecular weight is 389 g/mol. The van der Waals surface area contributed by atoms with Crippen LogP contribution in [0, 0.1) is 5.92 Å². The Hall–Kier alpha value is -2.15. The van der Waals surface area contributed by atoms with E-state index in [1.165, 1.54) is 0 Å². The van der Waals surface area contributed by atoms with Gasteiger partial charge in [0.05, 0.1) is 16.3 Å². The van der Waals surface area contributed by atoms with Gasteiger partial charge in [-0.25, -0.2) is 4.68 Å². The number of nitrogens with two attached hydrogens (primary N) is 1. The molecular weight excluding hydrogens is 368 g/mol. The Kier molecular flexibility index (Phi) is 5.76. The molecule has 3 aromatic rings. The van der Waals surface area contributed by atoms with E-state index in [-0.39, 0.29) is 18.3 Å². The van der Waals surface area contributed by atoms with E-state index in [0.29, 0.717) is 18.2 Å². The quantitative estimate of drug-likeness (QED) is 0.744. The van der Waals surface area contributed by atoms with Crippen LogP contribution in [0.15, 0.2) is 53.9 Å². The van der Waals surface area contributed by atoms with E-state index in [0.717, 1.165) is 35.8 Å². The minimum atomic E-state index is -0.0107. The topological polar surface area (TPSA) is 64.2 Å². The number of thiophene rings is 1. The summed E-state index contributed by atoms with van der Waals surface area (Å²) in [6.45, 7) is 2.11. The van der Waals surface area contributed by atoms with Gasteiger partial charge in [-0.2, -0.15) is 5.10 Å². The second-order valence-electron chi connectivity index (χ2n) is 6.28. The smallest absolute Gasteiger partial charge is 0.274 e. The highest BCUT2D eigenvalue weighted by molar-refractivity contribution is 7.13. The van der Waals surface area contributed by atoms with Crippen molar-refractivity contribution in [1.82, 2.24) is 14.7 Å². The molecule has 1 atom stereocenters. The third-order valence-corrected chi connectivity index (χ3v) is 5.50. The Balaban J connectivity index is 0.00000196. The predicted octanol–water partition coefficient (Wildman–Crippen LogP) is 3.44. The molecule has 0 spiro atoms. The fraction of sp³-hybridized carbons (Fsp3) is 0.263. The van der Waals surface area contributed by atoms with Gasteiger partial charge < -0.3 is 10.6 Å².